The van der Waals surface area contributed by atoms with Crippen LogP contribution in [-0.2, 0) is 55.6 Å². The fraction of sp³-hybridized carbons (Fsp3) is 0.117. The zero-order chi connectivity index (χ0) is 78.5. The van der Waals surface area contributed by atoms with Crippen molar-refractivity contribution in [1.82, 2.24) is 9.13 Å². The van der Waals surface area contributed by atoms with Gasteiger partial charge in [0.15, 0.2) is 0 Å². The molecule has 31 heteroatoms. The summed E-state index contributed by atoms with van der Waals surface area (Å²) in [5, 5.41) is 21.2. The van der Waals surface area contributed by atoms with E-state index in [1.807, 2.05) is 6.07 Å². The summed E-state index contributed by atoms with van der Waals surface area (Å²) in [6, 6.07) is 27.2. The number of hydrogen-bond donors (Lipinski definition) is 0. The predicted molar refractivity (Wildman–Crippen MR) is 342 cm³/mol. The van der Waals surface area contributed by atoms with Crippen molar-refractivity contribution in [2.75, 3.05) is 0 Å². The average Bonchev–Trinajstić information content (AvgIpc) is 1.54. The quantitative estimate of drug-likeness (QED) is 0.142. The highest BCUT2D eigenvalue weighted by Gasteiger charge is 2.43. The molecule has 108 heavy (non-hydrogen) atoms. The minimum Gasteiger partial charge on any atom is -0.309 e. The van der Waals surface area contributed by atoms with Crippen LogP contribution in [0.4, 0.5) is 119 Å². The highest BCUT2D eigenvalue weighted by atomic mass is 19.4. The van der Waals surface area contributed by atoms with Gasteiger partial charge in [0.25, 0.3) is 0 Å². The Balaban J connectivity index is 1.18. The van der Waals surface area contributed by atoms with Gasteiger partial charge in [-0.1, -0.05) is 48.5 Å². The standard InChI is InChI=1S/C77H33F27N4/c78-69(79,80)46-11-12-55(45(25-46)35-106)56-4-2-6-66(108-63-15-9-38(43-21-51(74(93,94)95)32-52(22-43)75(96,97)98)28-59(63)60-29-39(10-16-64(60)108)44-23-53(76(99,100)101)33-54(24-44)77(102,103)104)68(56)67-40(34-105)3-1-5-65(67)107-61-13-7-36(41-17-47(70(81,82)83)30-48(18-41)71(84,85)86)26-57(61)58-27-37(8-14-62(58)107)42-19-49(72(87,88)89)31-50(20-42)73(90,91)92/h1-33H. The largest absolute Gasteiger partial charge is 0.416 e. The van der Waals surface area contributed by atoms with Crippen LogP contribution < -0.4 is 0 Å². The molecule has 0 N–H and O–H groups in total. The molecule has 2 aromatic heterocycles. The molecule has 0 atom stereocenters. The Labute approximate surface area is 587 Å². The summed E-state index contributed by atoms with van der Waals surface area (Å²) in [7, 11) is 0. The zero-order valence-electron chi connectivity index (χ0n) is 53.0. The third kappa shape index (κ3) is 13.8. The maximum Gasteiger partial charge on any atom is 0.416 e. The van der Waals surface area contributed by atoms with E-state index in [-0.39, 0.29) is 95.9 Å². The third-order valence-electron chi connectivity index (χ3n) is 17.9. The Hall–Kier alpha value is -11.9. The monoisotopic (exact) mass is 1530 g/mol. The number of nitriles is 2. The second-order valence-corrected chi connectivity index (χ2v) is 24.7. The first-order valence-electron chi connectivity index (χ1n) is 30.7. The number of alkyl halides is 27. The van der Waals surface area contributed by atoms with Crippen molar-refractivity contribution in [2.24, 2.45) is 0 Å². The van der Waals surface area contributed by atoms with E-state index in [9.17, 15) is 129 Å². The lowest BCUT2D eigenvalue weighted by atomic mass is 9.87. The van der Waals surface area contributed by atoms with E-state index < -0.39 is 167 Å². The van der Waals surface area contributed by atoms with E-state index in [0.717, 1.165) is 84.9 Å². The number of benzene rings is 11. The van der Waals surface area contributed by atoms with E-state index in [2.05, 4.69) is 0 Å². The highest BCUT2D eigenvalue weighted by Crippen LogP contribution is 2.52. The molecule has 0 amide bonds. The van der Waals surface area contributed by atoms with Crippen molar-refractivity contribution in [1.29, 1.82) is 10.5 Å². The third-order valence-corrected chi connectivity index (χ3v) is 17.9. The summed E-state index contributed by atoms with van der Waals surface area (Å²) in [6.07, 6.45) is -48.7. The fourth-order valence-corrected chi connectivity index (χ4v) is 13.1. The molecule has 0 aliphatic heterocycles. The summed E-state index contributed by atoms with van der Waals surface area (Å²) < 4.78 is 394. The Morgan fingerprint density at radius 1 is 0.213 bits per heavy atom. The van der Waals surface area contributed by atoms with Crippen LogP contribution in [0.1, 0.15) is 61.2 Å². The van der Waals surface area contributed by atoms with Gasteiger partial charge in [-0.3, -0.25) is 0 Å². The Bertz CT molecular complexity index is 5550. The Morgan fingerprint density at radius 3 is 0.731 bits per heavy atom. The molecule has 0 aliphatic rings. The zero-order valence-corrected chi connectivity index (χ0v) is 53.0. The topological polar surface area (TPSA) is 57.4 Å². The van der Waals surface area contributed by atoms with Crippen molar-refractivity contribution >= 4 is 43.6 Å². The van der Waals surface area contributed by atoms with Crippen molar-refractivity contribution in [3.63, 3.8) is 0 Å². The van der Waals surface area contributed by atoms with Crippen molar-refractivity contribution in [3.8, 4) is 90.3 Å². The number of rotatable bonds is 8. The average molecular weight is 1530 g/mol. The van der Waals surface area contributed by atoms with Gasteiger partial charge in [0.2, 0.25) is 0 Å². The maximum atomic E-state index is 14.6. The normalized spacial score (nSPS) is 13.1. The van der Waals surface area contributed by atoms with E-state index in [4.69, 9.17) is 0 Å². The molecule has 11 aromatic carbocycles. The summed E-state index contributed by atoms with van der Waals surface area (Å²) in [6.45, 7) is 0. The number of hydrogen-bond acceptors (Lipinski definition) is 2. The van der Waals surface area contributed by atoms with Gasteiger partial charge in [-0.2, -0.15) is 129 Å². The predicted octanol–water partition coefficient (Wildman–Crippen LogP) is 26.8. The SMILES string of the molecule is N#Cc1cc(C(F)(F)F)ccc1-c1cccc(-n2c3ccc(-c4cc(C(F)(F)F)cc(C(F)(F)F)c4)cc3c3cc(-c4cc(C(F)(F)F)cc(C(F)(F)F)c4)ccc32)c1-c1c(C#N)cccc1-n1c2ccc(-c3cc(C(F)(F)F)cc(C(F)(F)F)c3)cc2c2cc(-c3cc(C(F)(F)F)cc(C(F)(F)F)c3)ccc21. The molecule has 0 saturated carbocycles. The Morgan fingerprint density at radius 2 is 0.472 bits per heavy atom. The first kappa shape index (κ1) is 74.4. The van der Waals surface area contributed by atoms with Crippen molar-refractivity contribution in [3.05, 3.63) is 261 Å². The Kier molecular flexibility index (Phi) is 17.5. The number of fused-ring (bicyclic) bond motifs is 6. The van der Waals surface area contributed by atoms with Crippen LogP contribution in [0, 0.1) is 22.7 Å². The lowest BCUT2D eigenvalue weighted by molar-refractivity contribution is -0.144. The van der Waals surface area contributed by atoms with Gasteiger partial charge in [-0.15, -0.1) is 0 Å². The van der Waals surface area contributed by atoms with Crippen LogP contribution in [0.2, 0.25) is 0 Å². The number of halogens is 27. The van der Waals surface area contributed by atoms with Crippen LogP contribution in [0.5, 0.6) is 0 Å². The molecule has 4 nitrogen and oxygen atoms in total. The number of aromatic nitrogens is 2. The number of nitrogens with zero attached hydrogens (tertiary/aromatic N) is 4. The molecule has 0 bridgehead atoms. The second-order valence-electron chi connectivity index (χ2n) is 24.7. The minimum absolute atomic E-state index is 0.189. The van der Waals surface area contributed by atoms with Crippen molar-refractivity contribution < 1.29 is 119 Å². The molecule has 0 aliphatic carbocycles. The maximum absolute atomic E-state index is 14.6. The molecule has 2 heterocycles. The molecule has 0 radical (unpaired) electrons. The van der Waals surface area contributed by atoms with Crippen LogP contribution in [-0.4, -0.2) is 9.13 Å². The van der Waals surface area contributed by atoms with E-state index >= 15 is 0 Å². The van der Waals surface area contributed by atoms with E-state index in [1.165, 1.54) is 39.5 Å². The minimum atomic E-state index is -5.44. The van der Waals surface area contributed by atoms with E-state index in [1.54, 1.807) is 6.07 Å². The van der Waals surface area contributed by atoms with Crippen LogP contribution in [0.3, 0.4) is 0 Å². The molecule has 550 valence electrons. The highest BCUT2D eigenvalue weighted by molar-refractivity contribution is 6.15. The fourth-order valence-electron chi connectivity index (χ4n) is 13.1. The van der Waals surface area contributed by atoms with Gasteiger partial charge >= 0.3 is 55.6 Å². The van der Waals surface area contributed by atoms with Crippen LogP contribution in [0.15, 0.2) is 200 Å². The second kappa shape index (κ2) is 25.4. The summed E-state index contributed by atoms with van der Waals surface area (Å²) in [5.41, 5.74) is -24.7. The molecule has 0 fully saturated rings. The van der Waals surface area contributed by atoms with Crippen LogP contribution >= 0.6 is 0 Å². The molecule has 0 unspecified atom stereocenters. The van der Waals surface area contributed by atoms with Gasteiger partial charge in [0, 0.05) is 38.2 Å². The lowest BCUT2D eigenvalue weighted by Crippen LogP contribution is -2.11. The van der Waals surface area contributed by atoms with Crippen molar-refractivity contribution in [2.45, 2.75) is 55.6 Å². The molecular weight excluding hydrogens is 1490 g/mol. The smallest absolute Gasteiger partial charge is 0.309 e. The molecule has 13 rings (SSSR count). The van der Waals surface area contributed by atoms with E-state index in [0.29, 0.717) is 60.7 Å². The first-order valence-corrected chi connectivity index (χ1v) is 30.7. The summed E-state index contributed by atoms with van der Waals surface area (Å²) >= 11 is 0. The van der Waals surface area contributed by atoms with Gasteiger partial charge in [-0.05, 0) is 202 Å². The molecule has 0 saturated heterocycles. The van der Waals surface area contributed by atoms with Gasteiger partial charge in [-0.25, -0.2) is 0 Å². The molecule has 13 aromatic rings. The first-order chi connectivity index (χ1) is 50.1. The summed E-state index contributed by atoms with van der Waals surface area (Å²) in [4.78, 5) is 0. The lowest BCUT2D eigenvalue weighted by Gasteiger charge is -2.23. The van der Waals surface area contributed by atoms with Gasteiger partial charge < -0.3 is 9.13 Å². The summed E-state index contributed by atoms with van der Waals surface area (Å²) in [5.74, 6) is 0. The molecular formula is C77H33F27N4. The van der Waals surface area contributed by atoms with Gasteiger partial charge in [0.05, 0.1) is 107 Å². The van der Waals surface area contributed by atoms with Gasteiger partial charge in [0.1, 0.15) is 0 Å². The molecule has 0 spiro atoms. The van der Waals surface area contributed by atoms with Crippen LogP contribution in [0.25, 0.3) is 122 Å².